The van der Waals surface area contributed by atoms with Crippen LogP contribution < -0.4 is 37.0 Å². The smallest absolute Gasteiger partial charge is 0.404 e. The van der Waals surface area contributed by atoms with Crippen molar-refractivity contribution in [2.45, 2.75) is 62.7 Å². The minimum absolute atomic E-state index is 0.0128. The number of hydrogen-bond donors (Lipinski definition) is 10. The summed E-state index contributed by atoms with van der Waals surface area (Å²) in [6.07, 6.45) is -3.18. The maximum atomic E-state index is 13.5. The van der Waals surface area contributed by atoms with Crippen LogP contribution in [-0.2, 0) is 47.9 Å². The third kappa shape index (κ3) is 12.2. The standard InChI is InChI=1S/C33H41N6O14P/c1-18-14-39(33(48)38-30(18)45)15-27(42)36-22(11-19-5-3-2-4-6-19)31(46)34-13-26(41)35-23(12-20-7-9-21(10-8-20)53-54(49,50)51)32(47)37-24-17-52-25(16-40)29(44)28(24)43/h2-10,14,22-25,28-29,40,43-44H,11-13,15-17H2,1H3,(H,34,46)(H,35,41)(H,36,42)(H,37,47)(H,38,45,48)(H2,49,50,51)/t22-,23-,24+,25-,28-,29-/m1/s1. The van der Waals surface area contributed by atoms with Crippen LogP contribution in [0.15, 0.2) is 70.4 Å². The number of aromatic nitrogens is 2. The number of phosphoric acid groups is 1. The highest BCUT2D eigenvalue weighted by Gasteiger charge is 2.39. The van der Waals surface area contributed by atoms with Crippen molar-refractivity contribution in [3.63, 3.8) is 0 Å². The number of nitrogens with zero attached hydrogens (tertiary/aromatic N) is 1. The minimum atomic E-state index is -4.85. The molecule has 0 saturated carbocycles. The van der Waals surface area contributed by atoms with Crippen LogP contribution in [0.2, 0.25) is 0 Å². The zero-order valence-corrected chi connectivity index (χ0v) is 29.7. The van der Waals surface area contributed by atoms with Crippen molar-refractivity contribution in [3.8, 4) is 5.75 Å². The molecule has 4 rings (SSSR count). The Morgan fingerprint density at radius 3 is 2.17 bits per heavy atom. The molecule has 54 heavy (non-hydrogen) atoms. The molecule has 0 spiro atoms. The Kier molecular flexibility index (Phi) is 14.4. The van der Waals surface area contributed by atoms with Crippen molar-refractivity contribution < 1.29 is 58.1 Å². The number of amides is 4. The first-order valence-electron chi connectivity index (χ1n) is 16.5. The number of benzene rings is 2. The van der Waals surface area contributed by atoms with Crippen LogP contribution in [0, 0.1) is 6.92 Å². The summed E-state index contributed by atoms with van der Waals surface area (Å²) in [7, 11) is -4.85. The number of aliphatic hydroxyl groups excluding tert-OH is 3. The number of phosphoric ester groups is 1. The van der Waals surface area contributed by atoms with Crippen LogP contribution in [0.5, 0.6) is 5.75 Å². The number of hydrogen-bond acceptors (Lipinski definition) is 12. The van der Waals surface area contributed by atoms with Gasteiger partial charge < -0.3 is 45.8 Å². The Balaban J connectivity index is 1.46. The van der Waals surface area contributed by atoms with E-state index in [9.17, 15) is 48.7 Å². The van der Waals surface area contributed by atoms with E-state index in [1.165, 1.54) is 37.4 Å². The van der Waals surface area contributed by atoms with E-state index in [-0.39, 0.29) is 30.8 Å². The predicted octanol–water partition coefficient (Wildman–Crippen LogP) is -3.51. The number of aryl methyl sites for hydroxylation is 1. The molecule has 0 bridgehead atoms. The number of rotatable bonds is 16. The van der Waals surface area contributed by atoms with E-state index >= 15 is 0 Å². The molecule has 21 heteroatoms. The summed E-state index contributed by atoms with van der Waals surface area (Å²) < 4.78 is 22.0. The molecule has 10 N–H and O–H groups in total. The second kappa shape index (κ2) is 18.7. The van der Waals surface area contributed by atoms with Crippen molar-refractivity contribution >= 4 is 31.5 Å². The SMILES string of the molecule is Cc1cn(CC(=O)N[C@H](Cc2ccccc2)C(=O)NCC(=O)N[C@H](Cc2ccc(OP(=O)(O)O)cc2)C(=O)N[C@H]2CO[C@H](CO)[C@@H](O)[C@@H]2O)c(=O)[nH]c1=O. The summed E-state index contributed by atoms with van der Waals surface area (Å²) in [5.74, 6) is -3.40. The topological polar surface area (TPSA) is 308 Å². The molecule has 0 unspecified atom stereocenters. The zero-order valence-electron chi connectivity index (χ0n) is 28.8. The van der Waals surface area contributed by atoms with Crippen LogP contribution in [0.4, 0.5) is 0 Å². The first kappa shape index (κ1) is 41.5. The number of aliphatic hydroxyl groups is 3. The second-order valence-electron chi connectivity index (χ2n) is 12.4. The van der Waals surface area contributed by atoms with Gasteiger partial charge in [-0.2, -0.15) is 0 Å². The van der Waals surface area contributed by atoms with Gasteiger partial charge in [-0.25, -0.2) is 9.36 Å². The molecule has 0 aliphatic carbocycles. The molecule has 2 aromatic carbocycles. The third-order valence-electron chi connectivity index (χ3n) is 8.24. The number of aromatic amines is 1. The van der Waals surface area contributed by atoms with Gasteiger partial charge in [-0.1, -0.05) is 42.5 Å². The molecule has 2 heterocycles. The molecule has 20 nitrogen and oxygen atoms in total. The van der Waals surface area contributed by atoms with Crippen LogP contribution in [0.1, 0.15) is 16.7 Å². The van der Waals surface area contributed by atoms with E-state index in [4.69, 9.17) is 14.5 Å². The lowest BCUT2D eigenvalue weighted by Gasteiger charge is -2.37. The largest absolute Gasteiger partial charge is 0.524 e. The van der Waals surface area contributed by atoms with E-state index in [0.29, 0.717) is 11.1 Å². The Morgan fingerprint density at radius 2 is 1.54 bits per heavy atom. The van der Waals surface area contributed by atoms with Crippen LogP contribution in [-0.4, -0.2) is 114 Å². The highest BCUT2D eigenvalue weighted by molar-refractivity contribution is 7.46. The number of carbonyl (C=O) groups is 4. The molecule has 1 aromatic heterocycles. The lowest BCUT2D eigenvalue weighted by atomic mass is 9.97. The fourth-order valence-electron chi connectivity index (χ4n) is 5.45. The fraction of sp³-hybridized carbons (Fsp3) is 0.394. The number of ether oxygens (including phenoxy) is 1. The van der Waals surface area contributed by atoms with Gasteiger partial charge in [0.2, 0.25) is 23.6 Å². The van der Waals surface area contributed by atoms with Gasteiger partial charge in [-0.3, -0.25) is 43.3 Å². The van der Waals surface area contributed by atoms with Crippen LogP contribution >= 0.6 is 7.82 Å². The first-order valence-corrected chi connectivity index (χ1v) is 18.0. The summed E-state index contributed by atoms with van der Waals surface area (Å²) in [4.78, 5) is 97.1. The molecule has 292 valence electrons. The first-order chi connectivity index (χ1) is 25.5. The van der Waals surface area contributed by atoms with E-state index in [1.807, 2.05) is 0 Å². The molecule has 6 atom stereocenters. The van der Waals surface area contributed by atoms with Gasteiger partial charge in [0, 0.05) is 24.6 Å². The molecular weight excluding hydrogens is 735 g/mol. The van der Waals surface area contributed by atoms with Crippen molar-refractivity contribution in [1.29, 1.82) is 0 Å². The Bertz CT molecular complexity index is 1950. The lowest BCUT2D eigenvalue weighted by Crippen LogP contribution is -2.62. The van der Waals surface area contributed by atoms with Crippen molar-refractivity contribution in [1.82, 2.24) is 30.8 Å². The third-order valence-corrected chi connectivity index (χ3v) is 8.69. The molecule has 1 aliphatic heterocycles. The van der Waals surface area contributed by atoms with Gasteiger partial charge in [-0.05, 0) is 30.2 Å². The highest BCUT2D eigenvalue weighted by Crippen LogP contribution is 2.37. The van der Waals surface area contributed by atoms with Crippen LogP contribution in [0.3, 0.4) is 0 Å². The molecule has 3 aromatic rings. The van der Waals surface area contributed by atoms with Gasteiger partial charge in [0.1, 0.15) is 42.7 Å². The summed E-state index contributed by atoms with van der Waals surface area (Å²) in [6, 6.07) is 10.1. The van der Waals surface area contributed by atoms with Crippen molar-refractivity contribution in [2.24, 2.45) is 0 Å². The number of H-pyrrole nitrogens is 1. The molecule has 0 radical (unpaired) electrons. The predicted molar refractivity (Wildman–Crippen MR) is 187 cm³/mol. The Labute approximate surface area is 306 Å². The lowest BCUT2D eigenvalue weighted by molar-refractivity contribution is -0.165. The molecular formula is C33H41N6O14P. The number of carbonyl (C=O) groups excluding carboxylic acids is 4. The maximum Gasteiger partial charge on any atom is 0.524 e. The van der Waals surface area contributed by atoms with Crippen LogP contribution in [0.25, 0.3) is 0 Å². The van der Waals surface area contributed by atoms with Crippen molar-refractivity contribution in [3.05, 3.63) is 98.3 Å². The molecule has 1 saturated heterocycles. The normalized spacial score (nSPS) is 19.5. The molecule has 1 fully saturated rings. The molecule has 1 aliphatic rings. The molecule has 4 amide bonds. The fourth-order valence-corrected chi connectivity index (χ4v) is 5.84. The average Bonchev–Trinajstić information content (AvgIpc) is 3.11. The van der Waals surface area contributed by atoms with E-state index < -0.39 is 98.8 Å². The van der Waals surface area contributed by atoms with E-state index in [0.717, 1.165) is 4.57 Å². The summed E-state index contributed by atoms with van der Waals surface area (Å²) in [6.45, 7) is -0.634. The number of nitrogens with one attached hydrogen (secondary N) is 5. The Hall–Kier alpha value is -5.21. The van der Waals surface area contributed by atoms with E-state index in [1.54, 1.807) is 30.3 Å². The Morgan fingerprint density at radius 1 is 0.926 bits per heavy atom. The van der Waals surface area contributed by atoms with Gasteiger partial charge in [0.05, 0.1) is 25.8 Å². The van der Waals surface area contributed by atoms with E-state index in [2.05, 4.69) is 30.8 Å². The van der Waals surface area contributed by atoms with Crippen molar-refractivity contribution in [2.75, 3.05) is 19.8 Å². The summed E-state index contributed by atoms with van der Waals surface area (Å²) >= 11 is 0. The highest BCUT2D eigenvalue weighted by atomic mass is 31.2. The summed E-state index contributed by atoms with van der Waals surface area (Å²) in [5, 5.41) is 40.1. The van der Waals surface area contributed by atoms with Gasteiger partial charge in [0.25, 0.3) is 5.56 Å². The van der Waals surface area contributed by atoms with Gasteiger partial charge >= 0.3 is 13.5 Å². The minimum Gasteiger partial charge on any atom is -0.404 e. The van der Waals surface area contributed by atoms with Gasteiger partial charge in [-0.15, -0.1) is 0 Å². The quantitative estimate of drug-likeness (QED) is 0.0632. The maximum absolute atomic E-state index is 13.5. The van der Waals surface area contributed by atoms with Gasteiger partial charge in [0.15, 0.2) is 0 Å². The summed E-state index contributed by atoms with van der Waals surface area (Å²) in [5.41, 5.74) is -0.224. The monoisotopic (exact) mass is 776 g/mol. The zero-order chi connectivity index (χ0) is 39.6. The second-order valence-corrected chi connectivity index (χ2v) is 13.6. The average molecular weight is 777 g/mol.